The maximum Gasteiger partial charge on any atom is 0.0639 e. The van der Waals surface area contributed by atoms with Crippen molar-refractivity contribution >= 4 is 5.57 Å². The first-order chi connectivity index (χ1) is 6.92. The summed E-state index contributed by atoms with van der Waals surface area (Å²) in [6, 6.07) is 2.12. The molecule has 0 radical (unpaired) electrons. The molecule has 3 nitrogen and oxygen atoms in total. The summed E-state index contributed by atoms with van der Waals surface area (Å²) in [5.41, 5.74) is 2.74. The maximum absolute atomic E-state index is 4.34. The number of nitrogens with zero attached hydrogens (tertiary/aromatic N) is 2. The number of hydrogen-bond donors (Lipinski definition) is 1. The van der Waals surface area contributed by atoms with E-state index in [4.69, 9.17) is 0 Å². The van der Waals surface area contributed by atoms with Crippen LogP contribution in [0.15, 0.2) is 18.3 Å². The minimum atomic E-state index is 0.993. The molecule has 76 valence electrons. The van der Waals surface area contributed by atoms with Gasteiger partial charge in [-0.05, 0) is 31.0 Å². The Bertz CT molecular complexity index is 325. The van der Waals surface area contributed by atoms with Crippen molar-refractivity contribution in [3.63, 3.8) is 0 Å². The maximum atomic E-state index is 4.34. The van der Waals surface area contributed by atoms with Crippen molar-refractivity contribution in [3.8, 4) is 0 Å². The van der Waals surface area contributed by atoms with Gasteiger partial charge in [-0.1, -0.05) is 13.0 Å². The zero-order chi connectivity index (χ0) is 9.80. The zero-order valence-electron chi connectivity index (χ0n) is 8.66. The minimum Gasteiger partial charge on any atom is -0.313 e. The van der Waals surface area contributed by atoms with Crippen LogP contribution in [-0.4, -0.2) is 22.9 Å². The Morgan fingerprint density at radius 3 is 3.21 bits per heavy atom. The number of rotatable bonds is 3. The molecule has 1 aromatic heterocycles. The lowest BCUT2D eigenvalue weighted by molar-refractivity contribution is 0.592. The summed E-state index contributed by atoms with van der Waals surface area (Å²) in [5.74, 6) is 0. The van der Waals surface area contributed by atoms with Gasteiger partial charge in [0.15, 0.2) is 0 Å². The Hall–Kier alpha value is -1.09. The Kier molecular flexibility index (Phi) is 2.99. The van der Waals surface area contributed by atoms with Gasteiger partial charge in [-0.3, -0.25) is 4.68 Å². The second-order valence-electron chi connectivity index (χ2n) is 3.62. The molecule has 0 aliphatic carbocycles. The highest BCUT2D eigenvalue weighted by Gasteiger charge is 2.09. The number of aryl methyl sites for hydroxylation is 1. The van der Waals surface area contributed by atoms with Gasteiger partial charge in [-0.2, -0.15) is 5.10 Å². The molecule has 3 heteroatoms. The normalized spacial score (nSPS) is 16.8. The summed E-state index contributed by atoms with van der Waals surface area (Å²) >= 11 is 0. The van der Waals surface area contributed by atoms with Crippen molar-refractivity contribution < 1.29 is 0 Å². The first-order valence-electron chi connectivity index (χ1n) is 5.33. The van der Waals surface area contributed by atoms with Crippen molar-refractivity contribution in [2.45, 2.75) is 26.3 Å². The zero-order valence-corrected chi connectivity index (χ0v) is 8.66. The Balaban J connectivity index is 2.21. The molecular weight excluding hydrogens is 174 g/mol. The molecule has 0 saturated heterocycles. The average molecular weight is 191 g/mol. The second-order valence-corrected chi connectivity index (χ2v) is 3.62. The smallest absolute Gasteiger partial charge is 0.0639 e. The minimum absolute atomic E-state index is 0.993. The van der Waals surface area contributed by atoms with E-state index in [2.05, 4.69) is 34.2 Å². The molecule has 1 aliphatic heterocycles. The van der Waals surface area contributed by atoms with Crippen molar-refractivity contribution in [1.82, 2.24) is 15.1 Å². The highest BCUT2D eigenvalue weighted by atomic mass is 15.3. The van der Waals surface area contributed by atoms with E-state index >= 15 is 0 Å². The molecule has 0 unspecified atom stereocenters. The van der Waals surface area contributed by atoms with Gasteiger partial charge in [0, 0.05) is 19.3 Å². The van der Waals surface area contributed by atoms with E-state index in [9.17, 15) is 0 Å². The van der Waals surface area contributed by atoms with Crippen LogP contribution in [0.1, 0.15) is 25.5 Å². The molecule has 0 amide bonds. The molecule has 0 spiro atoms. The third kappa shape index (κ3) is 1.87. The summed E-state index contributed by atoms with van der Waals surface area (Å²) in [4.78, 5) is 0. The molecule has 0 saturated carbocycles. The highest BCUT2D eigenvalue weighted by Crippen LogP contribution is 2.19. The number of aromatic nitrogens is 2. The van der Waals surface area contributed by atoms with Crippen LogP contribution in [0.25, 0.3) is 5.57 Å². The average Bonchev–Trinajstić information content (AvgIpc) is 2.68. The fourth-order valence-corrected chi connectivity index (χ4v) is 1.85. The molecule has 1 N–H and O–H groups in total. The standard InChI is InChI=1S/C11H17N3/c1-2-9-14-11(5-8-13-14)10-3-6-12-7-4-10/h3,5,8,12H,2,4,6-7,9H2,1H3. The Morgan fingerprint density at radius 1 is 1.57 bits per heavy atom. The predicted molar refractivity (Wildman–Crippen MR) is 58.0 cm³/mol. The molecule has 0 fully saturated rings. The van der Waals surface area contributed by atoms with E-state index in [1.165, 1.54) is 11.3 Å². The van der Waals surface area contributed by atoms with Gasteiger partial charge in [0.05, 0.1) is 5.69 Å². The van der Waals surface area contributed by atoms with E-state index in [1.807, 2.05) is 6.20 Å². The van der Waals surface area contributed by atoms with Crippen LogP contribution in [0.2, 0.25) is 0 Å². The summed E-state index contributed by atoms with van der Waals surface area (Å²) in [6.45, 7) is 5.28. The van der Waals surface area contributed by atoms with E-state index < -0.39 is 0 Å². The van der Waals surface area contributed by atoms with Crippen molar-refractivity contribution in [2.24, 2.45) is 0 Å². The van der Waals surface area contributed by atoms with Crippen LogP contribution in [0, 0.1) is 0 Å². The fourth-order valence-electron chi connectivity index (χ4n) is 1.85. The lowest BCUT2D eigenvalue weighted by Crippen LogP contribution is -2.21. The predicted octanol–water partition coefficient (Wildman–Crippen LogP) is 1.67. The van der Waals surface area contributed by atoms with Crippen LogP contribution in [0.4, 0.5) is 0 Å². The number of nitrogens with one attached hydrogen (secondary N) is 1. The molecule has 1 aliphatic rings. The van der Waals surface area contributed by atoms with Gasteiger partial charge >= 0.3 is 0 Å². The quantitative estimate of drug-likeness (QED) is 0.787. The van der Waals surface area contributed by atoms with Crippen molar-refractivity contribution in [1.29, 1.82) is 0 Å². The third-order valence-electron chi connectivity index (χ3n) is 2.54. The summed E-state index contributed by atoms with van der Waals surface area (Å²) < 4.78 is 2.11. The third-order valence-corrected chi connectivity index (χ3v) is 2.54. The molecule has 1 aromatic rings. The van der Waals surface area contributed by atoms with E-state index in [-0.39, 0.29) is 0 Å². The molecule has 2 heterocycles. The van der Waals surface area contributed by atoms with Crippen LogP contribution >= 0.6 is 0 Å². The highest BCUT2D eigenvalue weighted by molar-refractivity contribution is 5.63. The van der Waals surface area contributed by atoms with E-state index in [0.717, 1.165) is 32.5 Å². The van der Waals surface area contributed by atoms with Crippen LogP contribution in [0.5, 0.6) is 0 Å². The van der Waals surface area contributed by atoms with Crippen molar-refractivity contribution in [2.75, 3.05) is 13.1 Å². The fraction of sp³-hybridized carbons (Fsp3) is 0.545. The summed E-state index contributed by atoms with van der Waals surface area (Å²) in [6.07, 6.45) is 6.43. The summed E-state index contributed by atoms with van der Waals surface area (Å²) in [5, 5.41) is 7.66. The van der Waals surface area contributed by atoms with E-state index in [0.29, 0.717) is 0 Å². The Morgan fingerprint density at radius 2 is 2.50 bits per heavy atom. The van der Waals surface area contributed by atoms with Gasteiger partial charge in [-0.25, -0.2) is 0 Å². The van der Waals surface area contributed by atoms with E-state index in [1.54, 1.807) is 0 Å². The lowest BCUT2D eigenvalue weighted by atomic mass is 10.1. The first kappa shape index (κ1) is 9.46. The summed E-state index contributed by atoms with van der Waals surface area (Å²) in [7, 11) is 0. The van der Waals surface area contributed by atoms with Crippen molar-refractivity contribution in [3.05, 3.63) is 24.0 Å². The molecule has 0 bridgehead atoms. The molecule has 14 heavy (non-hydrogen) atoms. The largest absolute Gasteiger partial charge is 0.313 e. The van der Waals surface area contributed by atoms with Crippen LogP contribution in [0.3, 0.4) is 0 Å². The Labute approximate surface area is 84.8 Å². The van der Waals surface area contributed by atoms with Gasteiger partial charge in [0.25, 0.3) is 0 Å². The number of hydrogen-bond acceptors (Lipinski definition) is 2. The second kappa shape index (κ2) is 4.42. The topological polar surface area (TPSA) is 29.9 Å². The molecule has 0 atom stereocenters. The van der Waals surface area contributed by atoms with Crippen LogP contribution in [-0.2, 0) is 6.54 Å². The van der Waals surface area contributed by atoms with Gasteiger partial charge in [0.1, 0.15) is 0 Å². The molecule has 0 aromatic carbocycles. The van der Waals surface area contributed by atoms with Gasteiger partial charge in [-0.15, -0.1) is 0 Å². The monoisotopic (exact) mass is 191 g/mol. The van der Waals surface area contributed by atoms with Gasteiger partial charge in [0.2, 0.25) is 0 Å². The lowest BCUT2D eigenvalue weighted by Gasteiger charge is -2.15. The molecule has 2 rings (SSSR count). The van der Waals surface area contributed by atoms with Gasteiger partial charge < -0.3 is 5.32 Å². The van der Waals surface area contributed by atoms with Crippen LogP contribution < -0.4 is 5.32 Å². The first-order valence-corrected chi connectivity index (χ1v) is 5.33. The molecular formula is C11H17N3. The SMILES string of the molecule is CCCn1nccc1C1=CCNCC1.